The van der Waals surface area contributed by atoms with Gasteiger partial charge in [0.2, 0.25) is 5.91 Å². The van der Waals surface area contributed by atoms with E-state index in [1.54, 1.807) is 0 Å². The number of benzene rings is 1. The molecule has 108 valence electrons. The lowest BCUT2D eigenvalue weighted by molar-refractivity contribution is -0.134. The van der Waals surface area contributed by atoms with Crippen molar-refractivity contribution in [3.63, 3.8) is 0 Å². The molecule has 1 N–H and O–H groups in total. The summed E-state index contributed by atoms with van der Waals surface area (Å²) in [6, 6.07) is 8.86. The number of hydrogen-bond donors (Lipinski definition) is 1. The molecule has 0 aromatic heterocycles. The molecular weight excluding hydrogens is 316 g/mol. The van der Waals surface area contributed by atoms with Crippen LogP contribution in [0.3, 0.4) is 0 Å². The van der Waals surface area contributed by atoms with Crippen molar-refractivity contribution in [2.24, 2.45) is 5.92 Å². The Kier molecular flexibility index (Phi) is 4.13. The maximum atomic E-state index is 12.6. The van der Waals surface area contributed by atoms with Crippen LogP contribution in [0.1, 0.15) is 30.7 Å². The Morgan fingerprint density at radius 1 is 1.35 bits per heavy atom. The minimum Gasteiger partial charge on any atom is -0.341 e. The monoisotopic (exact) mass is 336 g/mol. The first-order valence-electron chi connectivity index (χ1n) is 7.40. The molecule has 0 bridgehead atoms. The molecule has 2 aliphatic rings. The lowest BCUT2D eigenvalue weighted by atomic mass is 10.0. The van der Waals surface area contributed by atoms with Crippen molar-refractivity contribution in [1.82, 2.24) is 10.2 Å². The van der Waals surface area contributed by atoms with Crippen molar-refractivity contribution in [2.75, 3.05) is 20.1 Å². The van der Waals surface area contributed by atoms with Crippen LogP contribution in [0.15, 0.2) is 28.7 Å². The zero-order chi connectivity index (χ0) is 14.1. The Labute approximate surface area is 128 Å². The van der Waals surface area contributed by atoms with Crippen molar-refractivity contribution >= 4 is 21.8 Å². The predicted molar refractivity (Wildman–Crippen MR) is 83.7 cm³/mol. The fourth-order valence-electron chi connectivity index (χ4n) is 3.19. The lowest BCUT2D eigenvalue weighted by Gasteiger charge is -2.32. The Balaban J connectivity index is 1.61. The van der Waals surface area contributed by atoms with Gasteiger partial charge in [0.15, 0.2) is 0 Å². The van der Waals surface area contributed by atoms with Gasteiger partial charge in [0, 0.05) is 29.5 Å². The van der Waals surface area contributed by atoms with Crippen LogP contribution in [0.5, 0.6) is 0 Å². The molecule has 1 aromatic carbocycles. The maximum absolute atomic E-state index is 12.6. The highest BCUT2D eigenvalue weighted by Gasteiger charge is 2.46. The van der Waals surface area contributed by atoms with Crippen LogP contribution >= 0.6 is 15.9 Å². The van der Waals surface area contributed by atoms with E-state index < -0.39 is 0 Å². The van der Waals surface area contributed by atoms with E-state index in [0.29, 0.717) is 17.9 Å². The van der Waals surface area contributed by atoms with Crippen molar-refractivity contribution in [2.45, 2.75) is 31.2 Å². The number of rotatable bonds is 3. The minimum absolute atomic E-state index is 0.215. The van der Waals surface area contributed by atoms with Crippen molar-refractivity contribution in [3.05, 3.63) is 34.3 Å². The molecule has 3 nitrogen and oxygen atoms in total. The largest absolute Gasteiger partial charge is 0.341 e. The van der Waals surface area contributed by atoms with E-state index in [9.17, 15) is 4.79 Å². The number of carbonyl (C=O) groups excluding carboxylic acids is 1. The highest BCUT2D eigenvalue weighted by molar-refractivity contribution is 9.10. The summed E-state index contributed by atoms with van der Waals surface area (Å²) in [5.41, 5.74) is 1.30. The standard InChI is InChI=1S/C16H21BrN2O/c1-18-13-3-2-8-19(10-13)16(20)15-9-14(15)11-4-6-12(17)7-5-11/h4-7,13-15,18H,2-3,8-10H2,1H3/t13-,14+,15-/m1/s1. The Morgan fingerprint density at radius 2 is 2.10 bits per heavy atom. The van der Waals surface area contributed by atoms with E-state index in [2.05, 4.69) is 50.4 Å². The van der Waals surface area contributed by atoms with Crippen LogP contribution in [0.2, 0.25) is 0 Å². The molecule has 3 atom stereocenters. The molecule has 1 amide bonds. The SMILES string of the molecule is CN[C@@H]1CCCN(C(=O)[C@@H]2C[C@H]2c2ccc(Br)cc2)C1. The molecule has 3 rings (SSSR count). The maximum Gasteiger partial charge on any atom is 0.226 e. The number of amides is 1. The van der Waals surface area contributed by atoms with Gasteiger partial charge in [-0.2, -0.15) is 0 Å². The van der Waals surface area contributed by atoms with Gasteiger partial charge in [0.25, 0.3) is 0 Å². The molecule has 1 aliphatic heterocycles. The number of likely N-dealkylation sites (tertiary alicyclic amines) is 1. The molecule has 1 saturated carbocycles. The smallest absolute Gasteiger partial charge is 0.226 e. The second-order valence-electron chi connectivity index (χ2n) is 5.91. The number of carbonyl (C=O) groups is 1. The summed E-state index contributed by atoms with van der Waals surface area (Å²) in [6.45, 7) is 1.81. The molecule has 1 aromatic rings. The quantitative estimate of drug-likeness (QED) is 0.920. The highest BCUT2D eigenvalue weighted by atomic mass is 79.9. The topological polar surface area (TPSA) is 32.3 Å². The first-order valence-corrected chi connectivity index (χ1v) is 8.20. The number of hydrogen-bond acceptors (Lipinski definition) is 2. The fraction of sp³-hybridized carbons (Fsp3) is 0.562. The lowest BCUT2D eigenvalue weighted by Crippen LogP contribution is -2.47. The van der Waals surface area contributed by atoms with Gasteiger partial charge in [-0.1, -0.05) is 28.1 Å². The zero-order valence-electron chi connectivity index (χ0n) is 11.8. The normalized spacial score (nSPS) is 29.3. The van der Waals surface area contributed by atoms with Crippen molar-refractivity contribution < 1.29 is 4.79 Å². The third kappa shape index (κ3) is 2.91. The van der Waals surface area contributed by atoms with Gasteiger partial charge in [-0.25, -0.2) is 0 Å². The molecule has 1 saturated heterocycles. The molecule has 0 unspecified atom stereocenters. The summed E-state index contributed by atoms with van der Waals surface area (Å²) in [7, 11) is 1.99. The third-order valence-corrected chi connectivity index (χ3v) is 5.08. The summed E-state index contributed by atoms with van der Waals surface area (Å²) < 4.78 is 1.10. The number of nitrogens with one attached hydrogen (secondary N) is 1. The molecule has 1 heterocycles. The minimum atomic E-state index is 0.215. The summed E-state index contributed by atoms with van der Waals surface area (Å²) in [5.74, 6) is 1.01. The molecule has 4 heteroatoms. The van der Waals surface area contributed by atoms with Gasteiger partial charge in [-0.15, -0.1) is 0 Å². The van der Waals surface area contributed by atoms with Gasteiger partial charge < -0.3 is 10.2 Å². The average molecular weight is 337 g/mol. The van der Waals surface area contributed by atoms with Crippen molar-refractivity contribution in [3.8, 4) is 0 Å². The van der Waals surface area contributed by atoms with Crippen LogP contribution in [-0.4, -0.2) is 37.0 Å². The molecule has 2 fully saturated rings. The van der Waals surface area contributed by atoms with Crippen molar-refractivity contribution in [1.29, 1.82) is 0 Å². The number of piperidine rings is 1. The Bertz CT molecular complexity index is 488. The molecular formula is C16H21BrN2O. The third-order valence-electron chi connectivity index (χ3n) is 4.55. The molecule has 20 heavy (non-hydrogen) atoms. The first kappa shape index (κ1) is 14.1. The second-order valence-corrected chi connectivity index (χ2v) is 6.83. The van der Waals surface area contributed by atoms with E-state index in [-0.39, 0.29) is 5.92 Å². The van der Waals surface area contributed by atoms with Crippen LogP contribution in [0.4, 0.5) is 0 Å². The number of halogens is 1. The summed E-state index contributed by atoms with van der Waals surface area (Å²) in [6.07, 6.45) is 3.31. The van der Waals surface area contributed by atoms with Crippen LogP contribution in [0.25, 0.3) is 0 Å². The van der Waals surface area contributed by atoms with Crippen LogP contribution in [0, 0.1) is 5.92 Å². The summed E-state index contributed by atoms with van der Waals surface area (Å²) in [4.78, 5) is 14.6. The average Bonchev–Trinajstić information content (AvgIpc) is 3.28. The van der Waals surface area contributed by atoms with E-state index in [1.165, 1.54) is 12.0 Å². The summed E-state index contributed by atoms with van der Waals surface area (Å²) >= 11 is 3.45. The molecule has 0 spiro atoms. The van der Waals surface area contributed by atoms with Gasteiger partial charge >= 0.3 is 0 Å². The number of nitrogens with zero attached hydrogens (tertiary/aromatic N) is 1. The van der Waals surface area contributed by atoms with Gasteiger partial charge in [0.05, 0.1) is 0 Å². The Morgan fingerprint density at radius 3 is 2.80 bits per heavy atom. The zero-order valence-corrected chi connectivity index (χ0v) is 13.4. The molecule has 0 radical (unpaired) electrons. The van der Waals surface area contributed by atoms with Gasteiger partial charge in [-0.05, 0) is 49.9 Å². The van der Waals surface area contributed by atoms with E-state index in [4.69, 9.17) is 0 Å². The predicted octanol–water partition coefficient (Wildman–Crippen LogP) is 2.76. The fourth-order valence-corrected chi connectivity index (χ4v) is 3.46. The van der Waals surface area contributed by atoms with E-state index >= 15 is 0 Å². The van der Waals surface area contributed by atoms with E-state index in [0.717, 1.165) is 30.4 Å². The Hall–Kier alpha value is -0.870. The van der Waals surface area contributed by atoms with Gasteiger partial charge in [0.1, 0.15) is 0 Å². The highest BCUT2D eigenvalue weighted by Crippen LogP contribution is 2.48. The number of likely N-dealkylation sites (N-methyl/N-ethyl adjacent to an activating group) is 1. The van der Waals surface area contributed by atoms with Crippen LogP contribution in [-0.2, 0) is 4.79 Å². The van der Waals surface area contributed by atoms with E-state index in [1.807, 2.05) is 7.05 Å². The second kappa shape index (κ2) is 5.86. The van der Waals surface area contributed by atoms with Gasteiger partial charge in [-0.3, -0.25) is 4.79 Å². The molecule has 1 aliphatic carbocycles. The van der Waals surface area contributed by atoms with Crippen LogP contribution < -0.4 is 5.32 Å². The first-order chi connectivity index (χ1) is 9.69. The summed E-state index contributed by atoms with van der Waals surface area (Å²) in [5, 5.41) is 3.30.